The van der Waals surface area contributed by atoms with Crippen LogP contribution >= 0.6 is 22.6 Å². The van der Waals surface area contributed by atoms with Crippen LogP contribution in [0.1, 0.15) is 51.4 Å². The van der Waals surface area contributed by atoms with Gasteiger partial charge in [0.05, 0.1) is 0 Å². The quantitative estimate of drug-likeness (QED) is 0.567. The lowest BCUT2D eigenvalue weighted by molar-refractivity contribution is 0.591. The summed E-state index contributed by atoms with van der Waals surface area (Å²) in [4.78, 5) is 0. The first-order valence-corrected chi connectivity index (χ1v) is 5.82. The third-order valence-corrected chi connectivity index (χ3v) is 3.22. The summed E-state index contributed by atoms with van der Waals surface area (Å²) in [6.07, 6.45) is 13.7. The van der Waals surface area contributed by atoms with Crippen LogP contribution in [-0.2, 0) is 0 Å². The van der Waals surface area contributed by atoms with Crippen LogP contribution in [0, 0.1) is 0 Å². The Labute approximate surface area is 83.6 Å². The third kappa shape index (κ3) is 4.83. The van der Waals surface area contributed by atoms with Gasteiger partial charge in [-0.15, -0.1) is 0 Å². The van der Waals surface area contributed by atoms with Gasteiger partial charge in [-0.25, -0.2) is 0 Å². The molecule has 0 saturated heterocycles. The molecule has 0 aromatic carbocycles. The van der Waals surface area contributed by atoms with Gasteiger partial charge in [-0.1, -0.05) is 31.8 Å². The molecule has 0 atom stereocenters. The molecule has 0 nitrogen and oxygen atoms in total. The van der Waals surface area contributed by atoms with Crippen molar-refractivity contribution in [1.82, 2.24) is 0 Å². The van der Waals surface area contributed by atoms with Gasteiger partial charge in [-0.3, -0.25) is 0 Å². The Morgan fingerprint density at radius 2 is 1.55 bits per heavy atom. The van der Waals surface area contributed by atoms with Gasteiger partial charge in [0.2, 0.25) is 0 Å². The molecule has 11 heavy (non-hydrogen) atoms. The molecule has 0 fully saturated rings. The highest BCUT2D eigenvalue weighted by Crippen LogP contribution is 2.20. The van der Waals surface area contributed by atoms with E-state index < -0.39 is 0 Å². The van der Waals surface area contributed by atoms with E-state index in [9.17, 15) is 0 Å². The van der Waals surface area contributed by atoms with Crippen LogP contribution in [0.2, 0.25) is 0 Å². The van der Waals surface area contributed by atoms with E-state index in [0.717, 1.165) is 0 Å². The van der Waals surface area contributed by atoms with Crippen LogP contribution in [0.5, 0.6) is 0 Å². The van der Waals surface area contributed by atoms with E-state index in [1.807, 2.05) is 0 Å². The molecule has 0 aromatic heterocycles. The molecule has 0 radical (unpaired) electrons. The van der Waals surface area contributed by atoms with E-state index in [-0.39, 0.29) is 0 Å². The number of hydrogen-bond donors (Lipinski definition) is 0. The summed E-state index contributed by atoms with van der Waals surface area (Å²) in [7, 11) is 0. The van der Waals surface area contributed by atoms with E-state index in [1.165, 1.54) is 51.4 Å². The number of allylic oxidation sites excluding steroid dienone is 2. The summed E-state index contributed by atoms with van der Waals surface area (Å²) >= 11 is 2.49. The topological polar surface area (TPSA) is 0 Å². The van der Waals surface area contributed by atoms with Crippen LogP contribution in [0.15, 0.2) is 9.66 Å². The molecule has 0 bridgehead atoms. The van der Waals surface area contributed by atoms with E-state index in [1.54, 1.807) is 3.58 Å². The van der Waals surface area contributed by atoms with Crippen LogP contribution in [0.4, 0.5) is 0 Å². The molecule has 0 amide bonds. The van der Waals surface area contributed by atoms with Gasteiger partial charge in [0.15, 0.2) is 0 Å². The molecule has 0 saturated carbocycles. The summed E-state index contributed by atoms with van der Waals surface area (Å²) in [5.41, 5.74) is 0. The lowest BCUT2D eigenvalue weighted by Gasteiger charge is -2.04. The molecule has 0 unspecified atom stereocenters. The van der Waals surface area contributed by atoms with Crippen molar-refractivity contribution in [3.8, 4) is 0 Å². The minimum Gasteiger partial charge on any atom is -0.0752 e. The Bertz CT molecular complexity index is 127. The molecule has 0 aliphatic heterocycles. The second-order valence-electron chi connectivity index (χ2n) is 3.31. The summed E-state index contributed by atoms with van der Waals surface area (Å²) in [6.45, 7) is 0. The van der Waals surface area contributed by atoms with Crippen molar-refractivity contribution >= 4 is 22.6 Å². The van der Waals surface area contributed by atoms with Crippen molar-refractivity contribution in [1.29, 1.82) is 0 Å². The number of halogens is 1. The largest absolute Gasteiger partial charge is 0.0752 e. The summed E-state index contributed by atoms with van der Waals surface area (Å²) < 4.78 is 1.59. The highest BCUT2D eigenvalue weighted by molar-refractivity contribution is 14.1. The normalized spacial score (nSPS) is 27.2. The Hall–Kier alpha value is 0.470. The smallest absolute Gasteiger partial charge is 0.0134 e. The van der Waals surface area contributed by atoms with Crippen LogP contribution in [-0.4, -0.2) is 0 Å². The van der Waals surface area contributed by atoms with Crippen molar-refractivity contribution in [2.24, 2.45) is 0 Å². The number of hydrogen-bond acceptors (Lipinski definition) is 0. The standard InChI is InChI=1S/C10H17I/c11-10-8-6-4-2-1-3-5-7-9-10/h8H,1-7,9H2/b10-8+. The minimum atomic E-state index is 1.32. The highest BCUT2D eigenvalue weighted by Gasteiger charge is 1.96. The van der Waals surface area contributed by atoms with Crippen LogP contribution < -0.4 is 0 Å². The molecule has 1 aliphatic carbocycles. The summed E-state index contributed by atoms with van der Waals surface area (Å²) in [6, 6.07) is 0. The van der Waals surface area contributed by atoms with Gasteiger partial charge in [0.1, 0.15) is 0 Å². The maximum absolute atomic E-state index is 2.49. The summed E-state index contributed by atoms with van der Waals surface area (Å²) in [5.74, 6) is 0. The first-order valence-electron chi connectivity index (χ1n) is 4.74. The van der Waals surface area contributed by atoms with Gasteiger partial charge in [0, 0.05) is 0 Å². The second kappa shape index (κ2) is 6.04. The molecular weight excluding hydrogens is 247 g/mol. The van der Waals surface area contributed by atoms with E-state index in [0.29, 0.717) is 0 Å². The molecule has 1 aliphatic rings. The zero-order chi connectivity index (χ0) is 7.94. The van der Waals surface area contributed by atoms with Gasteiger partial charge in [-0.2, -0.15) is 0 Å². The molecule has 1 heteroatoms. The van der Waals surface area contributed by atoms with Crippen molar-refractivity contribution in [2.45, 2.75) is 51.4 Å². The Kier molecular flexibility index (Phi) is 5.25. The van der Waals surface area contributed by atoms with Gasteiger partial charge in [-0.05, 0) is 51.9 Å². The Balaban J connectivity index is 2.27. The first kappa shape index (κ1) is 9.56. The highest BCUT2D eigenvalue weighted by atomic mass is 127. The van der Waals surface area contributed by atoms with Gasteiger partial charge in [0.25, 0.3) is 0 Å². The fraction of sp³-hybridized carbons (Fsp3) is 0.800. The average molecular weight is 264 g/mol. The molecule has 0 heterocycles. The fourth-order valence-electron chi connectivity index (χ4n) is 1.51. The molecule has 0 aromatic rings. The Morgan fingerprint density at radius 3 is 2.36 bits per heavy atom. The maximum Gasteiger partial charge on any atom is -0.0134 e. The molecule has 0 N–H and O–H groups in total. The van der Waals surface area contributed by atoms with Crippen molar-refractivity contribution < 1.29 is 0 Å². The molecule has 1 rings (SSSR count). The van der Waals surface area contributed by atoms with Crippen LogP contribution in [0.3, 0.4) is 0 Å². The van der Waals surface area contributed by atoms with Crippen LogP contribution in [0.25, 0.3) is 0 Å². The lowest BCUT2D eigenvalue weighted by Crippen LogP contribution is -1.84. The summed E-state index contributed by atoms with van der Waals surface area (Å²) in [5, 5.41) is 0. The predicted octanol–water partition coefficient (Wildman–Crippen LogP) is 4.44. The van der Waals surface area contributed by atoms with E-state index >= 15 is 0 Å². The fourth-order valence-corrected chi connectivity index (χ4v) is 2.20. The van der Waals surface area contributed by atoms with Crippen molar-refractivity contribution in [2.75, 3.05) is 0 Å². The second-order valence-corrected chi connectivity index (χ2v) is 4.70. The zero-order valence-corrected chi connectivity index (χ0v) is 9.27. The average Bonchev–Trinajstić information content (AvgIpc) is 2.03. The molecular formula is C10H17I. The monoisotopic (exact) mass is 264 g/mol. The minimum absolute atomic E-state index is 1.32. The van der Waals surface area contributed by atoms with E-state index in [4.69, 9.17) is 0 Å². The SMILES string of the molecule is I/C1=C/CCCCCCCC1. The third-order valence-electron chi connectivity index (χ3n) is 2.24. The zero-order valence-electron chi connectivity index (χ0n) is 7.11. The Morgan fingerprint density at radius 1 is 0.909 bits per heavy atom. The van der Waals surface area contributed by atoms with Gasteiger partial charge < -0.3 is 0 Å². The molecule has 64 valence electrons. The predicted molar refractivity (Wildman–Crippen MR) is 59.0 cm³/mol. The molecule has 0 spiro atoms. The van der Waals surface area contributed by atoms with E-state index in [2.05, 4.69) is 28.7 Å². The van der Waals surface area contributed by atoms with Crippen molar-refractivity contribution in [3.63, 3.8) is 0 Å². The number of rotatable bonds is 0. The maximum atomic E-state index is 2.49. The van der Waals surface area contributed by atoms with Gasteiger partial charge >= 0.3 is 0 Å². The van der Waals surface area contributed by atoms with Crippen molar-refractivity contribution in [3.05, 3.63) is 9.66 Å². The lowest BCUT2D eigenvalue weighted by atomic mass is 10.1. The first-order chi connectivity index (χ1) is 5.39.